The summed E-state index contributed by atoms with van der Waals surface area (Å²) in [7, 11) is 2.05. The van der Waals surface area contributed by atoms with Gasteiger partial charge in [0.25, 0.3) is 0 Å². The normalized spacial score (nSPS) is 29.1. The Bertz CT molecular complexity index is 437. The number of nitrogens with zero attached hydrogens (tertiary/aromatic N) is 3. The summed E-state index contributed by atoms with van der Waals surface area (Å²) in [6, 6.07) is 0.338. The van der Waals surface area contributed by atoms with E-state index in [1.807, 2.05) is 11.7 Å². The van der Waals surface area contributed by atoms with Crippen molar-refractivity contribution >= 4 is 0 Å². The molecule has 1 saturated heterocycles. The van der Waals surface area contributed by atoms with E-state index in [0.29, 0.717) is 17.9 Å². The van der Waals surface area contributed by atoms with Crippen molar-refractivity contribution in [2.24, 2.45) is 18.7 Å². The van der Waals surface area contributed by atoms with Gasteiger partial charge in [0, 0.05) is 50.4 Å². The monoisotopic (exact) mass is 276 g/mol. The zero-order valence-electron chi connectivity index (χ0n) is 12.9. The highest BCUT2D eigenvalue weighted by atomic mass is 15.3. The van der Waals surface area contributed by atoms with Crippen LogP contribution in [0.3, 0.4) is 0 Å². The van der Waals surface area contributed by atoms with Crippen LogP contribution in [0.5, 0.6) is 0 Å². The number of hydrogen-bond donors (Lipinski definition) is 1. The molecule has 2 aliphatic rings. The lowest BCUT2D eigenvalue weighted by atomic mass is 9.85. The minimum atomic E-state index is 0.338. The molecule has 0 aromatic carbocycles. The average Bonchev–Trinajstić information content (AvgIpc) is 2.94. The molecule has 112 valence electrons. The molecule has 2 N–H and O–H groups in total. The summed E-state index contributed by atoms with van der Waals surface area (Å²) < 4.78 is 2.00. The second-order valence-electron chi connectivity index (χ2n) is 6.88. The standard InChI is InChI=1S/C16H28N4/c1-12-8-20(11-15(12)17)10-14-9-19(2)18-16(14)13-6-4-3-5-7-13/h9,12-13,15H,3-8,10-11,17H2,1-2H3. The van der Waals surface area contributed by atoms with Crippen molar-refractivity contribution in [3.63, 3.8) is 0 Å². The summed E-state index contributed by atoms with van der Waals surface area (Å²) >= 11 is 0. The van der Waals surface area contributed by atoms with E-state index >= 15 is 0 Å². The number of aryl methyl sites for hydroxylation is 1. The predicted molar refractivity (Wildman–Crippen MR) is 81.5 cm³/mol. The van der Waals surface area contributed by atoms with Crippen molar-refractivity contribution < 1.29 is 0 Å². The maximum absolute atomic E-state index is 6.15. The van der Waals surface area contributed by atoms with Crippen LogP contribution in [0, 0.1) is 5.92 Å². The van der Waals surface area contributed by atoms with E-state index in [-0.39, 0.29) is 0 Å². The summed E-state index contributed by atoms with van der Waals surface area (Å²) in [5.41, 5.74) is 8.94. The van der Waals surface area contributed by atoms with Gasteiger partial charge in [0.1, 0.15) is 0 Å². The van der Waals surface area contributed by atoms with Crippen molar-refractivity contribution in [1.82, 2.24) is 14.7 Å². The van der Waals surface area contributed by atoms with E-state index in [1.54, 1.807) is 0 Å². The maximum atomic E-state index is 6.15. The zero-order chi connectivity index (χ0) is 14.1. The molecule has 1 saturated carbocycles. The van der Waals surface area contributed by atoms with Gasteiger partial charge in [0.05, 0.1) is 5.69 Å². The molecule has 4 nitrogen and oxygen atoms in total. The van der Waals surface area contributed by atoms with Gasteiger partial charge in [-0.2, -0.15) is 5.10 Å². The van der Waals surface area contributed by atoms with Crippen LogP contribution in [0.25, 0.3) is 0 Å². The second-order valence-corrected chi connectivity index (χ2v) is 6.88. The third kappa shape index (κ3) is 2.91. The highest BCUT2D eigenvalue weighted by Crippen LogP contribution is 2.34. The van der Waals surface area contributed by atoms with Crippen LogP contribution < -0.4 is 5.73 Å². The molecule has 2 unspecified atom stereocenters. The van der Waals surface area contributed by atoms with E-state index in [1.165, 1.54) is 43.4 Å². The third-order valence-corrected chi connectivity index (χ3v) is 5.07. The van der Waals surface area contributed by atoms with Gasteiger partial charge >= 0.3 is 0 Å². The van der Waals surface area contributed by atoms with Crippen LogP contribution in [0.4, 0.5) is 0 Å². The molecule has 1 aromatic rings. The van der Waals surface area contributed by atoms with Crippen LogP contribution in [0.1, 0.15) is 56.2 Å². The molecule has 0 bridgehead atoms. The van der Waals surface area contributed by atoms with Crippen LogP contribution in [-0.4, -0.2) is 33.8 Å². The highest BCUT2D eigenvalue weighted by Gasteiger charge is 2.28. The summed E-state index contributed by atoms with van der Waals surface area (Å²) in [6.45, 7) is 5.44. The van der Waals surface area contributed by atoms with Gasteiger partial charge < -0.3 is 5.73 Å². The van der Waals surface area contributed by atoms with Crippen molar-refractivity contribution in [2.45, 2.75) is 57.5 Å². The first kappa shape index (κ1) is 14.1. The Hall–Kier alpha value is -0.870. The molecular weight excluding hydrogens is 248 g/mol. The fraction of sp³-hybridized carbons (Fsp3) is 0.812. The van der Waals surface area contributed by atoms with E-state index in [2.05, 4.69) is 18.0 Å². The number of nitrogens with two attached hydrogens (primary N) is 1. The molecule has 4 heteroatoms. The third-order valence-electron chi connectivity index (χ3n) is 5.07. The van der Waals surface area contributed by atoms with Gasteiger partial charge in [0.15, 0.2) is 0 Å². The van der Waals surface area contributed by atoms with Crippen molar-refractivity contribution in [3.8, 4) is 0 Å². The van der Waals surface area contributed by atoms with Crippen LogP contribution in [0.2, 0.25) is 0 Å². The fourth-order valence-electron chi connectivity index (χ4n) is 3.86. The molecule has 2 atom stereocenters. The summed E-state index contributed by atoms with van der Waals surface area (Å²) in [5, 5.41) is 4.77. The Balaban J connectivity index is 1.72. The van der Waals surface area contributed by atoms with E-state index in [9.17, 15) is 0 Å². The van der Waals surface area contributed by atoms with Gasteiger partial charge in [-0.05, 0) is 18.8 Å². The number of likely N-dealkylation sites (tertiary alicyclic amines) is 1. The Labute approximate surface area is 122 Å². The van der Waals surface area contributed by atoms with Gasteiger partial charge in [-0.15, -0.1) is 0 Å². The van der Waals surface area contributed by atoms with Gasteiger partial charge in [-0.25, -0.2) is 0 Å². The summed E-state index contributed by atoms with van der Waals surface area (Å²) in [5.74, 6) is 1.30. The molecule has 3 rings (SSSR count). The number of aromatic nitrogens is 2. The van der Waals surface area contributed by atoms with Gasteiger partial charge in [0.2, 0.25) is 0 Å². The predicted octanol–water partition coefficient (Wildman–Crippen LogP) is 2.25. The number of hydrogen-bond acceptors (Lipinski definition) is 3. The van der Waals surface area contributed by atoms with Crippen molar-refractivity contribution in [1.29, 1.82) is 0 Å². The highest BCUT2D eigenvalue weighted by molar-refractivity contribution is 5.22. The SMILES string of the molecule is CC1CN(Cc2cn(C)nc2C2CCCCC2)CC1N. The average molecular weight is 276 g/mol. The molecule has 2 fully saturated rings. The molecule has 1 aliphatic heterocycles. The Morgan fingerprint density at radius 3 is 2.65 bits per heavy atom. The minimum Gasteiger partial charge on any atom is -0.326 e. The van der Waals surface area contributed by atoms with Gasteiger partial charge in [-0.1, -0.05) is 26.2 Å². The Morgan fingerprint density at radius 1 is 1.25 bits per heavy atom. The molecule has 0 spiro atoms. The lowest BCUT2D eigenvalue weighted by molar-refractivity contribution is 0.315. The molecule has 0 radical (unpaired) electrons. The Morgan fingerprint density at radius 2 is 2.00 bits per heavy atom. The quantitative estimate of drug-likeness (QED) is 0.921. The van der Waals surface area contributed by atoms with E-state index in [4.69, 9.17) is 10.8 Å². The summed E-state index contributed by atoms with van der Waals surface area (Å²) in [4.78, 5) is 2.50. The maximum Gasteiger partial charge on any atom is 0.0700 e. The topological polar surface area (TPSA) is 47.1 Å². The number of rotatable bonds is 3. The molecular formula is C16H28N4. The molecule has 1 aliphatic carbocycles. The van der Waals surface area contributed by atoms with Crippen molar-refractivity contribution in [2.75, 3.05) is 13.1 Å². The van der Waals surface area contributed by atoms with Crippen LogP contribution >= 0.6 is 0 Å². The molecule has 20 heavy (non-hydrogen) atoms. The van der Waals surface area contributed by atoms with Gasteiger partial charge in [-0.3, -0.25) is 9.58 Å². The Kier molecular flexibility index (Phi) is 4.13. The van der Waals surface area contributed by atoms with Crippen LogP contribution in [0.15, 0.2) is 6.20 Å². The first-order valence-electron chi connectivity index (χ1n) is 8.14. The first-order chi connectivity index (χ1) is 9.63. The lowest BCUT2D eigenvalue weighted by Crippen LogP contribution is -2.28. The smallest absolute Gasteiger partial charge is 0.0700 e. The summed E-state index contributed by atoms with van der Waals surface area (Å²) in [6.07, 6.45) is 8.99. The molecule has 1 aromatic heterocycles. The fourth-order valence-corrected chi connectivity index (χ4v) is 3.86. The lowest BCUT2D eigenvalue weighted by Gasteiger charge is -2.22. The van der Waals surface area contributed by atoms with Crippen LogP contribution in [-0.2, 0) is 13.6 Å². The van der Waals surface area contributed by atoms with E-state index in [0.717, 1.165) is 19.6 Å². The first-order valence-corrected chi connectivity index (χ1v) is 8.14. The minimum absolute atomic E-state index is 0.338. The molecule has 2 heterocycles. The second kappa shape index (κ2) is 5.86. The molecule has 0 amide bonds. The van der Waals surface area contributed by atoms with E-state index < -0.39 is 0 Å². The van der Waals surface area contributed by atoms with Crippen molar-refractivity contribution in [3.05, 3.63) is 17.5 Å². The zero-order valence-corrected chi connectivity index (χ0v) is 12.9. The largest absolute Gasteiger partial charge is 0.326 e.